The first-order valence-corrected chi connectivity index (χ1v) is 5.97. The minimum absolute atomic E-state index is 0.218. The van der Waals surface area contributed by atoms with Gasteiger partial charge in [0, 0.05) is 24.7 Å². The molecule has 1 aliphatic rings. The Morgan fingerprint density at radius 2 is 2.24 bits per heavy atom. The lowest BCUT2D eigenvalue weighted by molar-refractivity contribution is -0.114. The van der Waals surface area contributed by atoms with Crippen LogP contribution in [0.3, 0.4) is 0 Å². The molecule has 0 heterocycles. The Balaban J connectivity index is 1.92. The molecule has 0 saturated carbocycles. The molecule has 1 aromatic rings. The smallest absolute Gasteiger partial charge is 0.157 e. The molecular formula is C14H17NO2. The zero-order valence-electron chi connectivity index (χ0n) is 10.0. The van der Waals surface area contributed by atoms with Gasteiger partial charge in [0.15, 0.2) is 5.78 Å². The molecule has 1 aliphatic carbocycles. The van der Waals surface area contributed by atoms with Gasteiger partial charge in [0.25, 0.3) is 0 Å². The SMILES string of the molecule is CCOc1cccc(CNC2=CC(=O)CC2)c1. The van der Waals surface area contributed by atoms with Crippen molar-refractivity contribution >= 4 is 5.78 Å². The number of carbonyl (C=O) groups excluding carboxylic acids is 1. The van der Waals surface area contributed by atoms with Crippen molar-refractivity contribution in [2.24, 2.45) is 0 Å². The van der Waals surface area contributed by atoms with Gasteiger partial charge in [0.2, 0.25) is 0 Å². The van der Waals surface area contributed by atoms with E-state index in [2.05, 4.69) is 5.32 Å². The minimum atomic E-state index is 0.218. The second-order valence-corrected chi connectivity index (χ2v) is 4.07. The van der Waals surface area contributed by atoms with Gasteiger partial charge in [-0.2, -0.15) is 0 Å². The van der Waals surface area contributed by atoms with Crippen molar-refractivity contribution < 1.29 is 9.53 Å². The molecule has 0 saturated heterocycles. The maximum atomic E-state index is 11.1. The summed E-state index contributed by atoms with van der Waals surface area (Å²) < 4.78 is 5.44. The predicted octanol–water partition coefficient (Wildman–Crippen LogP) is 2.42. The fourth-order valence-electron chi connectivity index (χ4n) is 1.86. The largest absolute Gasteiger partial charge is 0.494 e. The van der Waals surface area contributed by atoms with Gasteiger partial charge in [-0.25, -0.2) is 0 Å². The highest BCUT2D eigenvalue weighted by Crippen LogP contribution is 2.15. The van der Waals surface area contributed by atoms with Crippen molar-refractivity contribution in [3.63, 3.8) is 0 Å². The van der Waals surface area contributed by atoms with Gasteiger partial charge in [0.1, 0.15) is 5.75 Å². The molecule has 1 aromatic carbocycles. The number of ketones is 1. The lowest BCUT2D eigenvalue weighted by atomic mass is 10.2. The van der Waals surface area contributed by atoms with E-state index in [0.717, 1.165) is 30.0 Å². The third-order valence-corrected chi connectivity index (χ3v) is 2.70. The second-order valence-electron chi connectivity index (χ2n) is 4.07. The summed E-state index contributed by atoms with van der Waals surface area (Å²) >= 11 is 0. The number of nitrogens with one attached hydrogen (secondary N) is 1. The van der Waals surface area contributed by atoms with Crippen molar-refractivity contribution in [1.29, 1.82) is 0 Å². The zero-order valence-corrected chi connectivity index (χ0v) is 10.0. The van der Waals surface area contributed by atoms with E-state index in [4.69, 9.17) is 4.74 Å². The zero-order chi connectivity index (χ0) is 12.1. The maximum Gasteiger partial charge on any atom is 0.157 e. The van der Waals surface area contributed by atoms with Crippen molar-refractivity contribution in [1.82, 2.24) is 5.32 Å². The van der Waals surface area contributed by atoms with Crippen molar-refractivity contribution in [3.8, 4) is 5.75 Å². The van der Waals surface area contributed by atoms with Crippen molar-refractivity contribution in [2.45, 2.75) is 26.3 Å². The van der Waals surface area contributed by atoms with Crippen molar-refractivity contribution in [2.75, 3.05) is 6.61 Å². The summed E-state index contributed by atoms with van der Waals surface area (Å²) in [5.74, 6) is 1.11. The quantitative estimate of drug-likeness (QED) is 0.845. The van der Waals surface area contributed by atoms with Gasteiger partial charge in [0.05, 0.1) is 6.61 Å². The number of allylic oxidation sites excluding steroid dienone is 2. The Kier molecular flexibility index (Phi) is 3.81. The normalized spacial score (nSPS) is 14.6. The van der Waals surface area contributed by atoms with Crippen LogP contribution in [0, 0.1) is 0 Å². The van der Waals surface area contributed by atoms with E-state index in [1.54, 1.807) is 6.08 Å². The first-order chi connectivity index (χ1) is 8.28. The van der Waals surface area contributed by atoms with Gasteiger partial charge < -0.3 is 10.1 Å². The number of rotatable bonds is 5. The molecule has 3 nitrogen and oxygen atoms in total. The van der Waals surface area contributed by atoms with Gasteiger partial charge in [-0.1, -0.05) is 12.1 Å². The highest BCUT2D eigenvalue weighted by Gasteiger charge is 2.10. The monoisotopic (exact) mass is 231 g/mol. The fourth-order valence-corrected chi connectivity index (χ4v) is 1.86. The van der Waals surface area contributed by atoms with E-state index < -0.39 is 0 Å². The summed E-state index contributed by atoms with van der Waals surface area (Å²) in [6, 6.07) is 8.00. The molecule has 0 fully saturated rings. The Bertz CT molecular complexity index is 438. The third-order valence-electron chi connectivity index (χ3n) is 2.70. The number of carbonyl (C=O) groups is 1. The molecule has 0 aromatic heterocycles. The molecule has 0 amide bonds. The Labute approximate surface area is 101 Å². The highest BCUT2D eigenvalue weighted by molar-refractivity contribution is 5.92. The summed E-state index contributed by atoms with van der Waals surface area (Å²) in [4.78, 5) is 11.1. The molecule has 0 spiro atoms. The molecule has 1 N–H and O–H groups in total. The molecule has 0 atom stereocenters. The molecule has 3 heteroatoms. The lowest BCUT2D eigenvalue weighted by Crippen LogP contribution is -2.11. The average Bonchev–Trinajstić information content (AvgIpc) is 2.74. The number of ether oxygens (including phenoxy) is 1. The van der Waals surface area contributed by atoms with Crippen LogP contribution in [-0.4, -0.2) is 12.4 Å². The number of benzene rings is 1. The molecule has 2 rings (SSSR count). The number of hydrogen-bond acceptors (Lipinski definition) is 3. The predicted molar refractivity (Wildman–Crippen MR) is 66.8 cm³/mol. The molecule has 0 radical (unpaired) electrons. The van der Waals surface area contributed by atoms with Crippen LogP contribution in [0.2, 0.25) is 0 Å². The van der Waals surface area contributed by atoms with E-state index in [-0.39, 0.29) is 5.78 Å². The van der Waals surface area contributed by atoms with Gasteiger partial charge >= 0.3 is 0 Å². The Hall–Kier alpha value is -1.77. The van der Waals surface area contributed by atoms with E-state index in [0.29, 0.717) is 13.0 Å². The first kappa shape index (κ1) is 11.7. The van der Waals surface area contributed by atoms with Crippen LogP contribution < -0.4 is 10.1 Å². The van der Waals surface area contributed by atoms with Crippen molar-refractivity contribution in [3.05, 3.63) is 41.6 Å². The number of hydrogen-bond donors (Lipinski definition) is 1. The average molecular weight is 231 g/mol. The van der Waals surface area contributed by atoms with E-state index in [1.165, 1.54) is 0 Å². The topological polar surface area (TPSA) is 38.3 Å². The second kappa shape index (κ2) is 5.53. The fraction of sp³-hybridized carbons (Fsp3) is 0.357. The van der Waals surface area contributed by atoms with Gasteiger partial charge in [-0.3, -0.25) is 4.79 Å². The molecule has 90 valence electrons. The van der Waals surface area contributed by atoms with Crippen LogP contribution in [0.1, 0.15) is 25.3 Å². The van der Waals surface area contributed by atoms with Crippen LogP contribution in [0.15, 0.2) is 36.0 Å². The highest BCUT2D eigenvalue weighted by atomic mass is 16.5. The van der Waals surface area contributed by atoms with Crippen LogP contribution >= 0.6 is 0 Å². The molecule has 0 bridgehead atoms. The first-order valence-electron chi connectivity index (χ1n) is 5.97. The summed E-state index contributed by atoms with van der Waals surface area (Å²) in [5.41, 5.74) is 2.20. The van der Waals surface area contributed by atoms with Crippen LogP contribution in [-0.2, 0) is 11.3 Å². The minimum Gasteiger partial charge on any atom is -0.494 e. The maximum absolute atomic E-state index is 11.1. The van der Waals surface area contributed by atoms with Gasteiger partial charge in [-0.05, 0) is 31.0 Å². The summed E-state index contributed by atoms with van der Waals surface area (Å²) in [5, 5.41) is 3.28. The Morgan fingerprint density at radius 1 is 1.35 bits per heavy atom. The van der Waals surface area contributed by atoms with Gasteiger partial charge in [-0.15, -0.1) is 0 Å². The summed E-state index contributed by atoms with van der Waals surface area (Å²) in [6.07, 6.45) is 3.18. The van der Waals surface area contributed by atoms with Crippen LogP contribution in [0.4, 0.5) is 0 Å². The Morgan fingerprint density at radius 3 is 2.94 bits per heavy atom. The standard InChI is InChI=1S/C14H17NO2/c1-2-17-14-5-3-4-11(8-14)10-15-12-6-7-13(16)9-12/h3-5,8-9,15H,2,6-7,10H2,1H3. The molecule has 0 aliphatic heterocycles. The summed E-state index contributed by atoms with van der Waals surface area (Å²) in [7, 11) is 0. The van der Waals surface area contributed by atoms with Crippen LogP contribution in [0.5, 0.6) is 5.75 Å². The van der Waals surface area contributed by atoms with Crippen LogP contribution in [0.25, 0.3) is 0 Å². The molecular weight excluding hydrogens is 214 g/mol. The third kappa shape index (κ3) is 3.34. The van der Waals surface area contributed by atoms with E-state index in [9.17, 15) is 4.79 Å². The molecule has 17 heavy (non-hydrogen) atoms. The van der Waals surface area contributed by atoms with E-state index >= 15 is 0 Å². The summed E-state index contributed by atoms with van der Waals surface area (Å²) in [6.45, 7) is 3.39. The molecule has 0 unspecified atom stereocenters. The lowest BCUT2D eigenvalue weighted by Gasteiger charge is -2.08. The van der Waals surface area contributed by atoms with E-state index in [1.807, 2.05) is 31.2 Å².